The molecule has 3 N–H and O–H groups in total. The zero-order valence-corrected chi connectivity index (χ0v) is 24.4. The van der Waals surface area contributed by atoms with Crippen molar-refractivity contribution in [2.24, 2.45) is 17.0 Å². The highest BCUT2D eigenvalue weighted by molar-refractivity contribution is 6.24. The van der Waals surface area contributed by atoms with Crippen LogP contribution in [0, 0.1) is 11.8 Å². The van der Waals surface area contributed by atoms with Crippen molar-refractivity contribution in [2.45, 2.75) is 63.8 Å². The van der Waals surface area contributed by atoms with Gasteiger partial charge in [-0.05, 0) is 23.5 Å². The van der Waals surface area contributed by atoms with E-state index in [1.807, 2.05) is 48.5 Å². The van der Waals surface area contributed by atoms with Gasteiger partial charge >= 0.3 is 5.97 Å². The third-order valence-corrected chi connectivity index (χ3v) is 8.53. The maximum Gasteiger partial charge on any atom is 0.330 e. The van der Waals surface area contributed by atoms with Crippen LogP contribution in [0.2, 0.25) is 0 Å². The number of carbonyl (C=O) groups excluding carboxylic acids is 3. The van der Waals surface area contributed by atoms with Crippen LogP contribution in [-0.2, 0) is 24.0 Å². The van der Waals surface area contributed by atoms with Gasteiger partial charge in [-0.3, -0.25) is 19.6 Å². The maximum atomic E-state index is 13.9. The second kappa shape index (κ2) is 11.6. The van der Waals surface area contributed by atoms with Gasteiger partial charge in [-0.25, -0.2) is 9.86 Å². The number of oxime groups is 1. The standard InChI is InChI=1S/C32H36N4O7/c1-5-19-16-32(19,31(40)41)33-29(38)25-15-20(17-35(25)30(39)28(18(3)4)36(42)26(37)6-2)43-34-27-23-13-9-7-11-21(23)22-12-8-10-14-24(22)27/h5,7-14,18-20,25,28,42H,1,6,15-17H2,2-4H3,(H,33,38)(H,40,41)/t19-,20-,25+,28-,32+/m1/s1. The lowest BCUT2D eigenvalue weighted by atomic mass is 10.0. The van der Waals surface area contributed by atoms with Crippen LogP contribution in [0.4, 0.5) is 0 Å². The SMILES string of the molecule is C=C[C@@H]1C[C@@]1(NC(=O)[C@@H]1C[C@@H](ON=C2c3ccccc3-c3ccccc32)CN1C(=O)[C@@H](C(C)C)N(O)C(=O)CC)C(=O)O. The van der Waals surface area contributed by atoms with E-state index in [-0.39, 0.29) is 25.8 Å². The molecular weight excluding hydrogens is 552 g/mol. The van der Waals surface area contributed by atoms with Gasteiger partial charge in [0.1, 0.15) is 29.4 Å². The van der Waals surface area contributed by atoms with E-state index < -0.39 is 59.3 Å². The Balaban J connectivity index is 1.44. The molecule has 1 aliphatic heterocycles. The summed E-state index contributed by atoms with van der Waals surface area (Å²) < 4.78 is 0. The van der Waals surface area contributed by atoms with Crippen LogP contribution in [0.25, 0.3) is 11.1 Å². The monoisotopic (exact) mass is 588 g/mol. The normalized spacial score (nSPS) is 24.1. The lowest BCUT2D eigenvalue weighted by Gasteiger charge is -2.33. The summed E-state index contributed by atoms with van der Waals surface area (Å²) in [7, 11) is 0. The number of carboxylic acids is 1. The Kier molecular flexibility index (Phi) is 8.11. The number of aliphatic carboxylic acids is 1. The van der Waals surface area contributed by atoms with Crippen molar-refractivity contribution < 1.29 is 34.3 Å². The van der Waals surface area contributed by atoms with Gasteiger partial charge in [-0.2, -0.15) is 0 Å². The molecule has 0 aromatic heterocycles. The summed E-state index contributed by atoms with van der Waals surface area (Å²) in [6.07, 6.45) is 0.968. The number of amides is 3. The minimum atomic E-state index is -1.50. The Morgan fingerprint density at radius 3 is 2.19 bits per heavy atom. The molecule has 3 amide bonds. The fraction of sp³-hybridized carbons (Fsp3) is 0.406. The Morgan fingerprint density at radius 1 is 1.12 bits per heavy atom. The first-order valence-corrected chi connectivity index (χ1v) is 14.5. The van der Waals surface area contributed by atoms with Crippen molar-refractivity contribution in [2.75, 3.05) is 6.54 Å². The zero-order valence-electron chi connectivity index (χ0n) is 24.4. The zero-order chi connectivity index (χ0) is 31.1. The van der Waals surface area contributed by atoms with Crippen molar-refractivity contribution in [3.8, 4) is 11.1 Å². The van der Waals surface area contributed by atoms with Gasteiger partial charge in [0.05, 0.1) is 6.54 Å². The van der Waals surface area contributed by atoms with Gasteiger partial charge in [0.15, 0.2) is 0 Å². The van der Waals surface area contributed by atoms with Crippen molar-refractivity contribution in [3.63, 3.8) is 0 Å². The molecule has 2 aromatic carbocycles. The van der Waals surface area contributed by atoms with Crippen molar-refractivity contribution in [3.05, 3.63) is 72.3 Å². The number of nitrogens with zero attached hydrogens (tertiary/aromatic N) is 3. The average molecular weight is 589 g/mol. The van der Waals surface area contributed by atoms with Gasteiger partial charge < -0.3 is 20.2 Å². The molecule has 226 valence electrons. The Morgan fingerprint density at radius 2 is 1.70 bits per heavy atom. The highest BCUT2D eigenvalue weighted by atomic mass is 16.6. The number of fused-ring (bicyclic) bond motifs is 3. The first-order chi connectivity index (χ1) is 20.5. The lowest BCUT2D eigenvalue weighted by molar-refractivity contribution is -0.187. The molecule has 2 fully saturated rings. The van der Waals surface area contributed by atoms with Crippen molar-refractivity contribution in [1.82, 2.24) is 15.3 Å². The summed E-state index contributed by atoms with van der Waals surface area (Å²) in [5, 5.41) is 28.0. The molecule has 0 radical (unpaired) electrons. The largest absolute Gasteiger partial charge is 0.479 e. The van der Waals surface area contributed by atoms with Crippen LogP contribution >= 0.6 is 0 Å². The summed E-state index contributed by atoms with van der Waals surface area (Å²) in [6.45, 7) is 8.55. The van der Waals surface area contributed by atoms with E-state index in [0.717, 1.165) is 22.3 Å². The smallest absolute Gasteiger partial charge is 0.330 e. The fourth-order valence-corrected chi connectivity index (χ4v) is 6.06. The molecule has 43 heavy (non-hydrogen) atoms. The number of nitrogens with one attached hydrogen (secondary N) is 1. The molecule has 3 aliphatic rings. The number of hydrogen-bond acceptors (Lipinski definition) is 7. The van der Waals surface area contributed by atoms with Crippen molar-refractivity contribution >= 4 is 29.4 Å². The number of rotatable bonds is 10. The number of benzene rings is 2. The van der Waals surface area contributed by atoms with Crippen LogP contribution in [0.1, 0.15) is 51.2 Å². The summed E-state index contributed by atoms with van der Waals surface area (Å²) in [4.78, 5) is 59.2. The molecule has 5 atom stereocenters. The van der Waals surface area contributed by atoms with Gasteiger partial charge in [0, 0.05) is 29.9 Å². The molecule has 11 heteroatoms. The number of carboxylic acid groups (broad SMARTS) is 1. The molecule has 0 spiro atoms. The lowest BCUT2D eigenvalue weighted by Crippen LogP contribution is -2.57. The molecule has 0 bridgehead atoms. The molecular formula is C32H36N4O7. The summed E-state index contributed by atoms with van der Waals surface area (Å²) >= 11 is 0. The second-order valence-electron chi connectivity index (χ2n) is 11.6. The minimum absolute atomic E-state index is 0.0207. The Labute approximate surface area is 249 Å². The van der Waals surface area contributed by atoms with Crippen LogP contribution in [0.5, 0.6) is 0 Å². The van der Waals surface area contributed by atoms with E-state index in [0.29, 0.717) is 10.8 Å². The Hall–Kier alpha value is -4.51. The molecule has 2 aliphatic carbocycles. The van der Waals surface area contributed by atoms with Gasteiger partial charge in [-0.1, -0.05) is 80.5 Å². The van der Waals surface area contributed by atoms with Crippen LogP contribution in [-0.4, -0.2) is 80.0 Å². The predicted octanol–water partition coefficient (Wildman–Crippen LogP) is 3.20. The molecule has 2 aromatic rings. The van der Waals surface area contributed by atoms with Crippen molar-refractivity contribution in [1.29, 1.82) is 0 Å². The van der Waals surface area contributed by atoms with E-state index >= 15 is 0 Å². The quantitative estimate of drug-likeness (QED) is 0.187. The molecule has 1 saturated carbocycles. The number of hydroxylamine groups is 2. The van der Waals surface area contributed by atoms with Crippen LogP contribution in [0.3, 0.4) is 0 Å². The number of likely N-dealkylation sites (tertiary alicyclic amines) is 1. The summed E-state index contributed by atoms with van der Waals surface area (Å²) in [5.74, 6) is -4.06. The summed E-state index contributed by atoms with van der Waals surface area (Å²) in [5.41, 5.74) is 2.95. The van der Waals surface area contributed by atoms with Gasteiger partial charge in [-0.15, -0.1) is 6.58 Å². The first-order valence-electron chi connectivity index (χ1n) is 14.5. The van der Waals surface area contributed by atoms with Gasteiger partial charge in [0.2, 0.25) is 17.7 Å². The van der Waals surface area contributed by atoms with E-state index in [1.54, 1.807) is 20.8 Å². The minimum Gasteiger partial charge on any atom is -0.479 e. The molecule has 11 nitrogen and oxygen atoms in total. The fourth-order valence-electron chi connectivity index (χ4n) is 6.06. The van der Waals surface area contributed by atoms with E-state index in [9.17, 15) is 29.5 Å². The Bertz CT molecular complexity index is 1460. The summed E-state index contributed by atoms with van der Waals surface area (Å²) in [6, 6.07) is 13.2. The third-order valence-electron chi connectivity index (χ3n) is 8.53. The molecule has 5 rings (SSSR count). The highest BCUT2D eigenvalue weighted by Gasteiger charge is 2.61. The number of carbonyl (C=O) groups is 4. The second-order valence-corrected chi connectivity index (χ2v) is 11.6. The van der Waals surface area contributed by atoms with Crippen LogP contribution < -0.4 is 5.32 Å². The first kappa shape index (κ1) is 30.0. The molecule has 1 saturated heterocycles. The average Bonchev–Trinajstić information content (AvgIpc) is 3.39. The topological polar surface area (TPSA) is 149 Å². The molecule has 0 unspecified atom stereocenters. The van der Waals surface area contributed by atoms with E-state index in [1.165, 1.54) is 11.0 Å². The van der Waals surface area contributed by atoms with E-state index in [4.69, 9.17) is 4.84 Å². The predicted molar refractivity (Wildman–Crippen MR) is 157 cm³/mol. The third kappa shape index (κ3) is 5.29. The molecule has 1 heterocycles. The maximum absolute atomic E-state index is 13.9. The highest BCUT2D eigenvalue weighted by Crippen LogP contribution is 2.45. The number of hydrogen-bond donors (Lipinski definition) is 3. The van der Waals surface area contributed by atoms with Gasteiger partial charge in [0.25, 0.3) is 0 Å². The van der Waals surface area contributed by atoms with E-state index in [2.05, 4.69) is 17.1 Å². The van der Waals surface area contributed by atoms with Crippen LogP contribution in [0.15, 0.2) is 66.3 Å².